The Labute approximate surface area is 126 Å². The molecule has 2 aromatic rings. The van der Waals surface area contributed by atoms with Gasteiger partial charge in [0.05, 0.1) is 6.04 Å². The number of likely N-dealkylation sites (N-methyl/N-ethyl adjacent to an activating group) is 1. The molecule has 1 unspecified atom stereocenters. The summed E-state index contributed by atoms with van der Waals surface area (Å²) in [5, 5.41) is 0. The van der Waals surface area contributed by atoms with Crippen LogP contribution >= 0.6 is 0 Å². The number of anilines is 1. The van der Waals surface area contributed by atoms with Crippen molar-refractivity contribution in [2.24, 2.45) is 5.73 Å². The second-order valence-corrected chi connectivity index (χ2v) is 5.31. The Morgan fingerprint density at radius 2 is 1.86 bits per heavy atom. The maximum atomic E-state index is 13.5. The number of halogens is 1. The molecule has 0 amide bonds. The number of rotatable bonds is 5. The molecule has 0 heterocycles. The van der Waals surface area contributed by atoms with Crippen LogP contribution in [0.4, 0.5) is 10.1 Å². The van der Waals surface area contributed by atoms with Gasteiger partial charge in [0, 0.05) is 18.8 Å². The topological polar surface area (TPSA) is 29.3 Å². The predicted octanol–water partition coefficient (Wildman–Crippen LogP) is 3.97. The molecule has 0 saturated carbocycles. The molecule has 2 nitrogen and oxygen atoms in total. The predicted molar refractivity (Wildman–Crippen MR) is 87.1 cm³/mol. The molecule has 21 heavy (non-hydrogen) atoms. The summed E-state index contributed by atoms with van der Waals surface area (Å²) >= 11 is 0. The van der Waals surface area contributed by atoms with Gasteiger partial charge in [0.25, 0.3) is 0 Å². The van der Waals surface area contributed by atoms with Crippen LogP contribution in [-0.4, -0.2) is 13.1 Å². The normalized spacial score (nSPS) is 12.2. The zero-order valence-electron chi connectivity index (χ0n) is 12.9. The van der Waals surface area contributed by atoms with E-state index in [1.165, 1.54) is 22.8 Å². The van der Waals surface area contributed by atoms with Crippen molar-refractivity contribution in [2.45, 2.75) is 26.8 Å². The molecule has 1 atom stereocenters. The van der Waals surface area contributed by atoms with E-state index in [0.717, 1.165) is 12.2 Å². The van der Waals surface area contributed by atoms with Gasteiger partial charge >= 0.3 is 0 Å². The van der Waals surface area contributed by atoms with Crippen LogP contribution in [0.15, 0.2) is 42.5 Å². The van der Waals surface area contributed by atoms with Gasteiger partial charge in [-0.25, -0.2) is 4.39 Å². The Morgan fingerprint density at radius 1 is 1.14 bits per heavy atom. The lowest BCUT2D eigenvalue weighted by Crippen LogP contribution is -2.34. The monoisotopic (exact) mass is 286 g/mol. The summed E-state index contributed by atoms with van der Waals surface area (Å²) in [7, 11) is 0. The summed E-state index contributed by atoms with van der Waals surface area (Å²) in [4.78, 5) is 2.16. The second-order valence-electron chi connectivity index (χ2n) is 5.31. The van der Waals surface area contributed by atoms with Gasteiger partial charge in [0.1, 0.15) is 5.82 Å². The van der Waals surface area contributed by atoms with Crippen molar-refractivity contribution in [3.05, 3.63) is 65.0 Å². The van der Waals surface area contributed by atoms with E-state index in [0.29, 0.717) is 6.54 Å². The number of hydrogen-bond acceptors (Lipinski definition) is 2. The van der Waals surface area contributed by atoms with E-state index in [1.807, 2.05) is 6.07 Å². The molecule has 0 aliphatic heterocycles. The van der Waals surface area contributed by atoms with Crippen molar-refractivity contribution in [1.82, 2.24) is 0 Å². The fourth-order valence-corrected chi connectivity index (χ4v) is 2.79. The molecule has 0 saturated heterocycles. The summed E-state index contributed by atoms with van der Waals surface area (Å²) in [6.45, 7) is 7.56. The first kappa shape index (κ1) is 15.5. The van der Waals surface area contributed by atoms with Crippen LogP contribution in [0, 0.1) is 19.7 Å². The Kier molecular flexibility index (Phi) is 4.97. The Morgan fingerprint density at radius 3 is 2.48 bits per heavy atom. The minimum Gasteiger partial charge on any atom is -0.363 e. The van der Waals surface area contributed by atoms with Gasteiger partial charge in [-0.2, -0.15) is 0 Å². The Bertz CT molecular complexity index is 610. The highest BCUT2D eigenvalue weighted by Crippen LogP contribution is 2.29. The number of aryl methyl sites for hydroxylation is 1. The number of benzene rings is 2. The van der Waals surface area contributed by atoms with Crippen LogP contribution in [-0.2, 0) is 0 Å². The highest BCUT2D eigenvalue weighted by atomic mass is 19.1. The van der Waals surface area contributed by atoms with Gasteiger partial charge in [0.2, 0.25) is 0 Å². The summed E-state index contributed by atoms with van der Waals surface area (Å²) in [6, 6.07) is 13.0. The van der Waals surface area contributed by atoms with E-state index in [4.69, 9.17) is 5.73 Å². The molecule has 0 aliphatic rings. The molecule has 2 rings (SSSR count). The molecule has 0 bridgehead atoms. The van der Waals surface area contributed by atoms with Crippen molar-refractivity contribution in [1.29, 1.82) is 0 Å². The highest BCUT2D eigenvalue weighted by molar-refractivity contribution is 5.50. The number of hydrogen-bond donors (Lipinski definition) is 1. The van der Waals surface area contributed by atoms with Crippen LogP contribution in [0.1, 0.15) is 29.7 Å². The molecular weight excluding hydrogens is 263 g/mol. The first-order valence-corrected chi connectivity index (χ1v) is 7.36. The molecule has 112 valence electrons. The number of nitrogens with two attached hydrogens (primary N) is 1. The first-order chi connectivity index (χ1) is 10.1. The Balaban J connectivity index is 2.45. The molecule has 2 N–H and O–H groups in total. The third kappa shape index (κ3) is 3.24. The van der Waals surface area contributed by atoms with E-state index in [9.17, 15) is 4.39 Å². The van der Waals surface area contributed by atoms with Crippen molar-refractivity contribution in [3.8, 4) is 0 Å². The van der Waals surface area contributed by atoms with Gasteiger partial charge in [-0.3, -0.25) is 0 Å². The summed E-state index contributed by atoms with van der Waals surface area (Å²) < 4.78 is 13.5. The van der Waals surface area contributed by atoms with E-state index in [1.54, 1.807) is 12.1 Å². The standard InChI is InChI=1S/C18H23FN2/c1-4-21(16-9-6-8-15(19)11-16)18(12-20)17-10-5-7-13(2)14(17)3/h5-11,18H,4,12,20H2,1-3H3. The average molecular weight is 286 g/mol. The second kappa shape index (κ2) is 6.72. The van der Waals surface area contributed by atoms with Crippen molar-refractivity contribution < 1.29 is 4.39 Å². The Hall–Kier alpha value is -1.87. The fourth-order valence-electron chi connectivity index (χ4n) is 2.79. The lowest BCUT2D eigenvalue weighted by atomic mass is 9.96. The molecule has 0 aromatic heterocycles. The van der Waals surface area contributed by atoms with E-state index >= 15 is 0 Å². The van der Waals surface area contributed by atoms with E-state index < -0.39 is 0 Å². The smallest absolute Gasteiger partial charge is 0.125 e. The molecule has 0 radical (unpaired) electrons. The van der Waals surface area contributed by atoms with Gasteiger partial charge < -0.3 is 10.6 Å². The molecular formula is C18H23FN2. The molecule has 0 aliphatic carbocycles. The van der Waals surface area contributed by atoms with Crippen LogP contribution < -0.4 is 10.6 Å². The van der Waals surface area contributed by atoms with Gasteiger partial charge in [-0.05, 0) is 55.7 Å². The van der Waals surface area contributed by atoms with Crippen LogP contribution in [0.25, 0.3) is 0 Å². The summed E-state index contributed by atoms with van der Waals surface area (Å²) in [5.74, 6) is -0.220. The van der Waals surface area contributed by atoms with Gasteiger partial charge in [0.15, 0.2) is 0 Å². The number of nitrogens with zero attached hydrogens (tertiary/aromatic N) is 1. The van der Waals surface area contributed by atoms with E-state index in [-0.39, 0.29) is 11.9 Å². The quantitative estimate of drug-likeness (QED) is 0.901. The molecule has 0 fully saturated rings. The maximum Gasteiger partial charge on any atom is 0.125 e. The third-order valence-corrected chi connectivity index (χ3v) is 4.09. The third-order valence-electron chi connectivity index (χ3n) is 4.09. The van der Waals surface area contributed by atoms with Crippen LogP contribution in [0.3, 0.4) is 0 Å². The fraction of sp³-hybridized carbons (Fsp3) is 0.333. The highest BCUT2D eigenvalue weighted by Gasteiger charge is 2.20. The lowest BCUT2D eigenvalue weighted by Gasteiger charge is -2.33. The zero-order valence-corrected chi connectivity index (χ0v) is 12.9. The van der Waals surface area contributed by atoms with Gasteiger partial charge in [-0.1, -0.05) is 24.3 Å². The molecule has 2 aromatic carbocycles. The maximum absolute atomic E-state index is 13.5. The lowest BCUT2D eigenvalue weighted by molar-refractivity contribution is 0.615. The summed E-state index contributed by atoms with van der Waals surface area (Å²) in [6.07, 6.45) is 0. The first-order valence-electron chi connectivity index (χ1n) is 7.36. The van der Waals surface area contributed by atoms with Crippen molar-refractivity contribution >= 4 is 5.69 Å². The van der Waals surface area contributed by atoms with Crippen LogP contribution in [0.2, 0.25) is 0 Å². The SMILES string of the molecule is CCN(c1cccc(F)c1)C(CN)c1cccc(C)c1C. The minimum absolute atomic E-state index is 0.0525. The largest absolute Gasteiger partial charge is 0.363 e. The van der Waals surface area contributed by atoms with Crippen molar-refractivity contribution in [2.75, 3.05) is 18.0 Å². The average Bonchev–Trinajstić information content (AvgIpc) is 2.48. The van der Waals surface area contributed by atoms with E-state index in [2.05, 4.69) is 43.9 Å². The molecule has 3 heteroatoms. The van der Waals surface area contributed by atoms with Crippen molar-refractivity contribution in [3.63, 3.8) is 0 Å². The zero-order chi connectivity index (χ0) is 15.4. The summed E-state index contributed by atoms with van der Waals surface area (Å²) in [5.41, 5.74) is 10.6. The van der Waals surface area contributed by atoms with Crippen LogP contribution in [0.5, 0.6) is 0 Å². The van der Waals surface area contributed by atoms with Gasteiger partial charge in [-0.15, -0.1) is 0 Å². The molecule has 0 spiro atoms. The minimum atomic E-state index is -0.220.